The van der Waals surface area contributed by atoms with Crippen molar-refractivity contribution in [3.63, 3.8) is 0 Å². The second kappa shape index (κ2) is 14.5. The van der Waals surface area contributed by atoms with Crippen LogP contribution in [-0.2, 0) is 11.2 Å². The maximum absolute atomic E-state index is 10.4. The van der Waals surface area contributed by atoms with Gasteiger partial charge in [-0.3, -0.25) is 5.32 Å². The molecule has 1 saturated carbocycles. The third-order valence-electron chi connectivity index (χ3n) is 5.73. The molecule has 0 spiro atoms. The Hall–Kier alpha value is -1.50. The van der Waals surface area contributed by atoms with Crippen LogP contribution < -0.4 is 5.32 Å². The first kappa shape index (κ1) is 24.8. The van der Waals surface area contributed by atoms with Crippen molar-refractivity contribution in [1.29, 1.82) is 0 Å². The molecule has 5 nitrogen and oxygen atoms in total. The zero-order valence-electron chi connectivity index (χ0n) is 18.2. The first-order chi connectivity index (χ1) is 14.6. The average molecular weight is 418 g/mol. The quantitative estimate of drug-likeness (QED) is 0.212. The molecule has 1 aromatic carbocycles. The second-order valence-electron chi connectivity index (χ2n) is 8.09. The normalized spacial score (nSPS) is 25.5. The van der Waals surface area contributed by atoms with Crippen molar-refractivity contribution in [2.24, 2.45) is 11.8 Å². The van der Waals surface area contributed by atoms with Crippen molar-refractivity contribution in [2.45, 2.75) is 63.8 Å². The van der Waals surface area contributed by atoms with E-state index >= 15 is 0 Å². The monoisotopic (exact) mass is 417 g/mol. The SMILES string of the molecule is CCNCOCCC/C=C\C[C@@H]1[C@@H](/C=C/[C@@H](O)CCc2ccccc2)[C@H](O)C[C@@H]1O. The lowest BCUT2D eigenvalue weighted by Gasteiger charge is -2.19. The van der Waals surface area contributed by atoms with Crippen molar-refractivity contribution >= 4 is 0 Å². The fraction of sp³-hybridized carbons (Fsp3) is 0.600. The predicted octanol–water partition coefficient (Wildman–Crippen LogP) is 3.20. The largest absolute Gasteiger partial charge is 0.393 e. The Labute approximate surface area is 181 Å². The van der Waals surface area contributed by atoms with E-state index < -0.39 is 18.3 Å². The Morgan fingerprint density at radius 2 is 1.97 bits per heavy atom. The molecule has 1 aliphatic carbocycles. The van der Waals surface area contributed by atoms with Gasteiger partial charge in [0.2, 0.25) is 0 Å². The van der Waals surface area contributed by atoms with Gasteiger partial charge >= 0.3 is 0 Å². The van der Waals surface area contributed by atoms with E-state index in [0.717, 1.165) is 38.8 Å². The number of benzene rings is 1. The summed E-state index contributed by atoms with van der Waals surface area (Å²) in [5, 5.41) is 34.1. The van der Waals surface area contributed by atoms with E-state index in [1.807, 2.05) is 31.2 Å². The number of allylic oxidation sites excluding steroid dienone is 2. The summed E-state index contributed by atoms with van der Waals surface area (Å²) in [4.78, 5) is 0. The van der Waals surface area contributed by atoms with Crippen LogP contribution in [-0.4, -0.2) is 53.5 Å². The molecule has 30 heavy (non-hydrogen) atoms. The molecular weight excluding hydrogens is 378 g/mol. The molecule has 0 bridgehead atoms. The fourth-order valence-corrected chi connectivity index (χ4v) is 3.94. The maximum Gasteiger partial charge on any atom is 0.0965 e. The molecule has 2 rings (SSSR count). The maximum atomic E-state index is 10.4. The summed E-state index contributed by atoms with van der Waals surface area (Å²) in [5.74, 6) is -0.140. The van der Waals surface area contributed by atoms with Crippen molar-refractivity contribution in [3.8, 4) is 0 Å². The zero-order chi connectivity index (χ0) is 21.6. The predicted molar refractivity (Wildman–Crippen MR) is 121 cm³/mol. The van der Waals surface area contributed by atoms with Crippen LogP contribution in [0.1, 0.15) is 44.6 Å². The van der Waals surface area contributed by atoms with E-state index in [2.05, 4.69) is 29.6 Å². The van der Waals surface area contributed by atoms with Gasteiger partial charge in [-0.05, 0) is 50.1 Å². The highest BCUT2D eigenvalue weighted by Gasteiger charge is 2.39. The molecule has 1 fully saturated rings. The van der Waals surface area contributed by atoms with Gasteiger partial charge in [0.1, 0.15) is 0 Å². The van der Waals surface area contributed by atoms with E-state index in [1.165, 1.54) is 5.56 Å². The summed E-state index contributed by atoms with van der Waals surface area (Å²) in [6.07, 6.45) is 10.8. The number of aliphatic hydroxyl groups is 3. The van der Waals surface area contributed by atoms with Crippen molar-refractivity contribution < 1.29 is 20.1 Å². The Kier molecular flexibility index (Phi) is 12.0. The molecular formula is C25H39NO4. The summed E-state index contributed by atoms with van der Waals surface area (Å²) < 4.78 is 5.45. The number of rotatable bonds is 14. The smallest absolute Gasteiger partial charge is 0.0965 e. The molecule has 5 heteroatoms. The minimum absolute atomic E-state index is 0.0150. The number of aryl methyl sites for hydroxylation is 1. The average Bonchev–Trinajstić information content (AvgIpc) is 3.02. The van der Waals surface area contributed by atoms with Crippen molar-refractivity contribution in [1.82, 2.24) is 5.32 Å². The van der Waals surface area contributed by atoms with Crippen LogP contribution >= 0.6 is 0 Å². The van der Waals surface area contributed by atoms with Gasteiger partial charge in [-0.1, -0.05) is 61.6 Å². The highest BCUT2D eigenvalue weighted by molar-refractivity contribution is 5.15. The topological polar surface area (TPSA) is 82.0 Å². The standard InChI is InChI=1S/C25H39NO4/c1-2-26-19-30-17-9-4-3-8-12-22-23(25(29)18-24(22)28)16-15-21(27)14-13-20-10-6-5-7-11-20/h3,5-8,10-11,15-16,21-29H,2,4,9,12-14,17-19H2,1H3/b8-3-,16-15+/t21-,22+,23+,24-,25+/m0/s1. The van der Waals surface area contributed by atoms with Crippen LogP contribution in [0.25, 0.3) is 0 Å². The molecule has 0 heterocycles. The van der Waals surface area contributed by atoms with Crippen molar-refractivity contribution in [3.05, 3.63) is 60.2 Å². The van der Waals surface area contributed by atoms with Crippen LogP contribution in [0.15, 0.2) is 54.6 Å². The second-order valence-corrected chi connectivity index (χ2v) is 8.09. The van der Waals surface area contributed by atoms with Gasteiger partial charge in [0, 0.05) is 18.9 Å². The van der Waals surface area contributed by atoms with Crippen LogP contribution in [0.3, 0.4) is 0 Å². The van der Waals surface area contributed by atoms with Crippen LogP contribution in [0.2, 0.25) is 0 Å². The number of unbranched alkanes of at least 4 members (excludes halogenated alkanes) is 1. The summed E-state index contributed by atoms with van der Waals surface area (Å²) >= 11 is 0. The molecule has 0 saturated heterocycles. The third kappa shape index (κ3) is 9.11. The molecule has 168 valence electrons. The summed E-state index contributed by atoms with van der Waals surface area (Å²) in [6, 6.07) is 10.1. The molecule has 5 atom stereocenters. The molecule has 1 aliphatic rings. The number of nitrogens with one attached hydrogen (secondary N) is 1. The van der Waals surface area contributed by atoms with Gasteiger partial charge in [-0.15, -0.1) is 0 Å². The van der Waals surface area contributed by atoms with E-state index in [4.69, 9.17) is 4.74 Å². The van der Waals surface area contributed by atoms with E-state index in [-0.39, 0.29) is 11.8 Å². The van der Waals surface area contributed by atoms with Gasteiger partial charge in [-0.25, -0.2) is 0 Å². The summed E-state index contributed by atoms with van der Waals surface area (Å²) in [6.45, 7) is 4.29. The molecule has 0 radical (unpaired) electrons. The number of hydrogen-bond donors (Lipinski definition) is 4. The van der Waals surface area contributed by atoms with Gasteiger partial charge in [0.25, 0.3) is 0 Å². The van der Waals surface area contributed by atoms with Gasteiger partial charge < -0.3 is 20.1 Å². The Morgan fingerprint density at radius 3 is 2.73 bits per heavy atom. The summed E-state index contributed by atoms with van der Waals surface area (Å²) in [5.41, 5.74) is 1.20. The lowest BCUT2D eigenvalue weighted by Crippen LogP contribution is -2.20. The zero-order valence-corrected chi connectivity index (χ0v) is 18.2. The van der Waals surface area contributed by atoms with E-state index in [9.17, 15) is 15.3 Å². The highest BCUT2D eigenvalue weighted by atomic mass is 16.5. The Morgan fingerprint density at radius 1 is 1.17 bits per heavy atom. The lowest BCUT2D eigenvalue weighted by molar-refractivity contribution is 0.116. The minimum Gasteiger partial charge on any atom is -0.393 e. The minimum atomic E-state index is -0.560. The number of ether oxygens (including phenoxy) is 1. The van der Waals surface area contributed by atoms with Gasteiger partial charge in [0.05, 0.1) is 25.0 Å². The molecule has 0 aromatic heterocycles. The molecule has 1 aromatic rings. The molecule has 0 amide bonds. The molecule has 0 aliphatic heterocycles. The number of aliphatic hydroxyl groups excluding tert-OH is 3. The van der Waals surface area contributed by atoms with Gasteiger partial charge in [0.15, 0.2) is 0 Å². The molecule has 0 unspecified atom stereocenters. The van der Waals surface area contributed by atoms with E-state index in [1.54, 1.807) is 6.08 Å². The van der Waals surface area contributed by atoms with Crippen LogP contribution in [0.4, 0.5) is 0 Å². The van der Waals surface area contributed by atoms with Crippen molar-refractivity contribution in [2.75, 3.05) is 19.9 Å². The first-order valence-electron chi connectivity index (χ1n) is 11.3. The van der Waals surface area contributed by atoms with Crippen LogP contribution in [0, 0.1) is 11.8 Å². The molecule has 4 N–H and O–H groups in total. The Balaban J connectivity index is 1.73. The van der Waals surface area contributed by atoms with E-state index in [0.29, 0.717) is 19.6 Å². The Bertz CT molecular complexity index is 619. The fourth-order valence-electron chi connectivity index (χ4n) is 3.94. The summed E-state index contributed by atoms with van der Waals surface area (Å²) in [7, 11) is 0. The van der Waals surface area contributed by atoms with Gasteiger partial charge in [-0.2, -0.15) is 0 Å². The third-order valence-corrected chi connectivity index (χ3v) is 5.73. The van der Waals surface area contributed by atoms with Crippen LogP contribution in [0.5, 0.6) is 0 Å². The highest BCUT2D eigenvalue weighted by Crippen LogP contribution is 2.36. The first-order valence-corrected chi connectivity index (χ1v) is 11.3. The number of hydrogen-bond acceptors (Lipinski definition) is 5. The lowest BCUT2D eigenvalue weighted by atomic mass is 9.89.